The predicted octanol–water partition coefficient (Wildman–Crippen LogP) is 4.53. The number of nitrogens with one attached hydrogen (secondary N) is 1. The Morgan fingerprint density at radius 1 is 1.03 bits per heavy atom. The van der Waals surface area contributed by atoms with Gasteiger partial charge in [0, 0.05) is 5.56 Å². The van der Waals surface area contributed by atoms with E-state index in [-0.39, 0.29) is 17.3 Å². The summed E-state index contributed by atoms with van der Waals surface area (Å²) in [4.78, 5) is 27.0. The highest BCUT2D eigenvalue weighted by molar-refractivity contribution is 7.80. The van der Waals surface area contributed by atoms with E-state index in [1.54, 1.807) is 36.4 Å². The van der Waals surface area contributed by atoms with Gasteiger partial charge in [0.1, 0.15) is 17.9 Å². The second-order valence-corrected chi connectivity index (χ2v) is 7.99. The summed E-state index contributed by atoms with van der Waals surface area (Å²) in [6, 6.07) is 23.9. The minimum Gasteiger partial charge on any atom is -0.489 e. The maximum absolute atomic E-state index is 13.2. The van der Waals surface area contributed by atoms with Gasteiger partial charge in [-0.3, -0.25) is 19.8 Å². The number of aryl methyl sites for hydroxylation is 1. The van der Waals surface area contributed by atoms with Crippen LogP contribution in [-0.2, 0) is 22.6 Å². The van der Waals surface area contributed by atoms with Crippen LogP contribution in [0.2, 0.25) is 0 Å². The zero-order chi connectivity index (χ0) is 24.1. The van der Waals surface area contributed by atoms with Crippen molar-refractivity contribution in [3.8, 4) is 11.8 Å². The van der Waals surface area contributed by atoms with Crippen molar-refractivity contribution >= 4 is 40.9 Å². The van der Waals surface area contributed by atoms with Crippen molar-refractivity contribution in [2.45, 2.75) is 20.0 Å². The number of benzene rings is 3. The number of carbonyl (C=O) groups excluding carboxylic acids is 2. The van der Waals surface area contributed by atoms with Crippen LogP contribution < -0.4 is 15.0 Å². The Labute approximate surface area is 203 Å². The van der Waals surface area contributed by atoms with E-state index in [1.165, 1.54) is 11.0 Å². The second kappa shape index (κ2) is 10.1. The van der Waals surface area contributed by atoms with E-state index in [9.17, 15) is 14.9 Å². The molecule has 4 rings (SSSR count). The lowest BCUT2D eigenvalue weighted by molar-refractivity contribution is -0.122. The zero-order valence-corrected chi connectivity index (χ0v) is 19.3. The van der Waals surface area contributed by atoms with Crippen LogP contribution in [0.15, 0.2) is 78.4 Å². The van der Waals surface area contributed by atoms with Crippen LogP contribution in [0.4, 0.5) is 5.69 Å². The van der Waals surface area contributed by atoms with Gasteiger partial charge in [-0.15, -0.1) is 0 Å². The summed E-state index contributed by atoms with van der Waals surface area (Å²) < 4.78 is 5.79. The van der Waals surface area contributed by atoms with Crippen LogP contribution in [0.25, 0.3) is 6.08 Å². The lowest BCUT2D eigenvalue weighted by Gasteiger charge is -2.29. The highest BCUT2D eigenvalue weighted by Crippen LogP contribution is 2.23. The number of amides is 2. The van der Waals surface area contributed by atoms with E-state index in [1.807, 2.05) is 43.3 Å². The van der Waals surface area contributed by atoms with Gasteiger partial charge in [-0.05, 0) is 66.2 Å². The van der Waals surface area contributed by atoms with E-state index in [2.05, 4.69) is 11.4 Å². The molecular formula is C27H21N3O3S. The molecule has 168 valence electrons. The van der Waals surface area contributed by atoms with Crippen LogP contribution in [0.1, 0.15) is 29.2 Å². The molecule has 0 unspecified atom stereocenters. The Balaban J connectivity index is 1.51. The first-order valence-corrected chi connectivity index (χ1v) is 11.1. The largest absolute Gasteiger partial charge is 0.489 e. The summed E-state index contributed by atoms with van der Waals surface area (Å²) >= 11 is 5.26. The molecule has 7 heteroatoms. The number of hydrogen-bond donors (Lipinski definition) is 1. The number of rotatable bonds is 6. The maximum Gasteiger partial charge on any atom is 0.270 e. The number of nitriles is 1. The van der Waals surface area contributed by atoms with E-state index >= 15 is 0 Å². The van der Waals surface area contributed by atoms with E-state index in [4.69, 9.17) is 17.0 Å². The maximum atomic E-state index is 13.2. The molecule has 0 aliphatic carbocycles. The number of anilines is 1. The third-order valence-corrected chi connectivity index (χ3v) is 5.71. The molecule has 2 amide bonds. The minimum atomic E-state index is -0.537. The first-order chi connectivity index (χ1) is 16.5. The fraction of sp³-hybridized carbons (Fsp3) is 0.111. The Morgan fingerprint density at radius 2 is 1.74 bits per heavy atom. The van der Waals surface area contributed by atoms with Crippen LogP contribution in [0, 0.1) is 11.3 Å². The molecule has 1 aliphatic heterocycles. The summed E-state index contributed by atoms with van der Waals surface area (Å²) in [5.74, 6) is -0.413. The molecular weight excluding hydrogens is 446 g/mol. The van der Waals surface area contributed by atoms with Gasteiger partial charge in [0.2, 0.25) is 0 Å². The van der Waals surface area contributed by atoms with Gasteiger partial charge in [-0.25, -0.2) is 0 Å². The predicted molar refractivity (Wildman–Crippen MR) is 134 cm³/mol. The van der Waals surface area contributed by atoms with E-state index < -0.39 is 11.8 Å². The van der Waals surface area contributed by atoms with Gasteiger partial charge in [-0.2, -0.15) is 5.26 Å². The Hall–Kier alpha value is -4.28. The first kappa shape index (κ1) is 22.9. The number of carbonyl (C=O) groups is 2. The van der Waals surface area contributed by atoms with Crippen molar-refractivity contribution in [1.29, 1.82) is 5.26 Å². The fourth-order valence-corrected chi connectivity index (χ4v) is 3.80. The molecule has 1 N–H and O–H groups in total. The number of nitrogens with zero attached hydrogens (tertiary/aromatic N) is 2. The Bertz CT molecular complexity index is 1320. The lowest BCUT2D eigenvalue weighted by Crippen LogP contribution is -2.54. The molecule has 34 heavy (non-hydrogen) atoms. The average molecular weight is 468 g/mol. The summed E-state index contributed by atoms with van der Waals surface area (Å²) in [6.45, 7) is 2.31. The van der Waals surface area contributed by atoms with Crippen molar-refractivity contribution in [2.24, 2.45) is 0 Å². The van der Waals surface area contributed by atoms with Crippen molar-refractivity contribution in [3.05, 3.63) is 101 Å². The fourth-order valence-electron chi connectivity index (χ4n) is 3.52. The third-order valence-electron chi connectivity index (χ3n) is 5.43. The van der Waals surface area contributed by atoms with E-state index in [0.717, 1.165) is 17.5 Å². The molecule has 1 aliphatic rings. The smallest absolute Gasteiger partial charge is 0.270 e. The van der Waals surface area contributed by atoms with Gasteiger partial charge < -0.3 is 4.74 Å². The average Bonchev–Trinajstić information content (AvgIpc) is 2.86. The Morgan fingerprint density at radius 3 is 2.41 bits per heavy atom. The topological polar surface area (TPSA) is 82.4 Å². The van der Waals surface area contributed by atoms with Crippen molar-refractivity contribution in [3.63, 3.8) is 0 Å². The zero-order valence-electron chi connectivity index (χ0n) is 18.4. The second-order valence-electron chi connectivity index (χ2n) is 7.60. The molecule has 0 aromatic heterocycles. The molecule has 1 fully saturated rings. The van der Waals surface area contributed by atoms with Crippen molar-refractivity contribution in [2.75, 3.05) is 4.90 Å². The van der Waals surface area contributed by atoms with Crippen LogP contribution >= 0.6 is 12.2 Å². The molecule has 0 saturated carbocycles. The normalized spacial score (nSPS) is 14.6. The van der Waals surface area contributed by atoms with Gasteiger partial charge in [-0.1, -0.05) is 49.4 Å². The van der Waals surface area contributed by atoms with Crippen molar-refractivity contribution in [1.82, 2.24) is 5.32 Å². The molecule has 0 spiro atoms. The highest BCUT2D eigenvalue weighted by Gasteiger charge is 2.34. The summed E-state index contributed by atoms with van der Waals surface area (Å²) in [5.41, 5.74) is 3.75. The molecule has 3 aromatic rings. The van der Waals surface area contributed by atoms with Crippen LogP contribution in [0.3, 0.4) is 0 Å². The first-order valence-electron chi connectivity index (χ1n) is 10.7. The van der Waals surface area contributed by atoms with Crippen LogP contribution in [-0.4, -0.2) is 16.9 Å². The van der Waals surface area contributed by atoms with Gasteiger partial charge >= 0.3 is 0 Å². The van der Waals surface area contributed by atoms with Crippen LogP contribution in [0.5, 0.6) is 5.75 Å². The molecule has 0 atom stereocenters. The molecule has 0 bridgehead atoms. The Kier molecular flexibility index (Phi) is 6.81. The SMILES string of the molecule is CCc1ccc(N2C(=O)C(=Cc3ccc(OCc4ccccc4C#N)cc3)C(=O)NC2=S)cc1. The minimum absolute atomic E-state index is 0.00946. The molecule has 6 nitrogen and oxygen atoms in total. The monoisotopic (exact) mass is 467 g/mol. The molecule has 1 heterocycles. The van der Waals surface area contributed by atoms with Gasteiger partial charge in [0.15, 0.2) is 5.11 Å². The van der Waals surface area contributed by atoms with E-state index in [0.29, 0.717) is 22.6 Å². The summed E-state index contributed by atoms with van der Waals surface area (Å²) in [7, 11) is 0. The number of ether oxygens (including phenoxy) is 1. The lowest BCUT2D eigenvalue weighted by atomic mass is 10.1. The molecule has 0 radical (unpaired) electrons. The quantitative estimate of drug-likeness (QED) is 0.327. The molecule has 1 saturated heterocycles. The standard InChI is InChI=1S/C27H21N3O3S/c1-2-18-7-11-22(12-8-18)30-26(32)24(25(31)29-27(30)34)15-19-9-13-23(14-10-19)33-17-21-6-4-3-5-20(21)16-28/h3-15H,2,17H2,1H3,(H,29,31,34). The summed E-state index contributed by atoms with van der Waals surface area (Å²) in [5, 5.41) is 11.8. The van der Waals surface area contributed by atoms with Gasteiger partial charge in [0.25, 0.3) is 11.8 Å². The van der Waals surface area contributed by atoms with Gasteiger partial charge in [0.05, 0.1) is 17.3 Å². The number of thiocarbonyl (C=S) groups is 1. The molecule has 3 aromatic carbocycles. The highest BCUT2D eigenvalue weighted by atomic mass is 32.1. The summed E-state index contributed by atoms with van der Waals surface area (Å²) in [6.07, 6.45) is 2.41. The van der Waals surface area contributed by atoms with Crippen molar-refractivity contribution < 1.29 is 14.3 Å². The number of hydrogen-bond acceptors (Lipinski definition) is 5. The third kappa shape index (κ3) is 4.87.